The summed E-state index contributed by atoms with van der Waals surface area (Å²) in [5, 5.41) is 5.08. The van der Waals surface area contributed by atoms with E-state index in [9.17, 15) is 0 Å². The number of hydrogen-bond donors (Lipinski definition) is 0. The SMILES string of the molecule is CC=C1COCC1=CC(/C=C/c1cc2c(s1)C(OC(C)C)c1cc(/C=C/C)sc1C2OC(C)C)=C([C]#[Os])[P+](c1ccccc1)(c1ccccc1)c1ccccc1. The Morgan fingerprint density at radius 1 is 0.714 bits per heavy atom. The van der Waals surface area contributed by atoms with Crippen LogP contribution in [-0.4, -0.2) is 25.4 Å². The van der Waals surface area contributed by atoms with Gasteiger partial charge in [-0.05, 0) is 13.0 Å². The van der Waals surface area contributed by atoms with Crippen molar-refractivity contribution in [1.82, 2.24) is 0 Å². The second-order valence-corrected chi connectivity index (χ2v) is 20.6. The molecule has 2 atom stereocenters. The van der Waals surface area contributed by atoms with Crippen LogP contribution >= 0.6 is 29.9 Å². The average Bonchev–Trinajstić information content (AvgIpc) is 3.97. The summed E-state index contributed by atoms with van der Waals surface area (Å²) < 4.78 is 23.4. The van der Waals surface area contributed by atoms with E-state index in [1.165, 1.54) is 63.0 Å². The van der Waals surface area contributed by atoms with Crippen molar-refractivity contribution in [2.45, 2.75) is 66.0 Å². The summed E-state index contributed by atoms with van der Waals surface area (Å²) in [7, 11) is -2.45. The summed E-state index contributed by atoms with van der Waals surface area (Å²) in [4.78, 5) is 4.86. The first-order chi connectivity index (χ1) is 27.3. The maximum absolute atomic E-state index is 6.76. The molecular weight excluding hydrogens is 922 g/mol. The fourth-order valence-corrected chi connectivity index (χ4v) is 15.8. The molecule has 2 aliphatic rings. The number of hydrogen-bond acceptors (Lipinski definition) is 5. The molecule has 5 aromatic rings. The van der Waals surface area contributed by atoms with E-state index in [1.807, 2.05) is 40.6 Å². The van der Waals surface area contributed by atoms with Crippen LogP contribution in [-0.2, 0) is 32.2 Å². The van der Waals surface area contributed by atoms with Gasteiger partial charge in [0.05, 0.1) is 0 Å². The van der Waals surface area contributed by atoms with Gasteiger partial charge in [-0.15, -0.1) is 0 Å². The predicted octanol–water partition coefficient (Wildman–Crippen LogP) is 11.9. The zero-order valence-corrected chi connectivity index (χ0v) is 37.9. The van der Waals surface area contributed by atoms with Crippen molar-refractivity contribution in [1.29, 1.82) is 0 Å². The molecule has 1 aliphatic carbocycles. The molecule has 0 spiro atoms. The second kappa shape index (κ2) is 18.4. The van der Waals surface area contributed by atoms with E-state index in [4.69, 9.17) is 14.2 Å². The monoisotopic (exact) mass is 972 g/mol. The first kappa shape index (κ1) is 40.7. The molecule has 0 radical (unpaired) electrons. The van der Waals surface area contributed by atoms with E-state index < -0.39 is 7.26 Å². The van der Waals surface area contributed by atoms with Gasteiger partial charge in [0, 0.05) is 0 Å². The molecule has 7 heteroatoms. The first-order valence-electron chi connectivity index (χ1n) is 19.3. The van der Waals surface area contributed by atoms with Crippen molar-refractivity contribution >= 4 is 58.0 Å². The van der Waals surface area contributed by atoms with E-state index in [2.05, 4.69) is 185 Å². The summed E-state index contributed by atoms with van der Waals surface area (Å²) in [5.41, 5.74) is 6.00. The fourth-order valence-electron chi connectivity index (χ4n) is 7.63. The number of allylic oxidation sites excluding steroid dienone is 6. The summed E-state index contributed by atoms with van der Waals surface area (Å²) >= 11 is 5.45. The van der Waals surface area contributed by atoms with Gasteiger partial charge in [-0.2, -0.15) is 0 Å². The van der Waals surface area contributed by atoms with Gasteiger partial charge in [0.2, 0.25) is 0 Å². The number of benzene rings is 3. The van der Waals surface area contributed by atoms with Crippen LogP contribution in [0.25, 0.3) is 12.2 Å². The molecule has 1 saturated heterocycles. The zero-order chi connectivity index (χ0) is 39.2. The van der Waals surface area contributed by atoms with E-state index in [0.717, 1.165) is 5.57 Å². The van der Waals surface area contributed by atoms with Crippen molar-refractivity contribution in [2.24, 2.45) is 0 Å². The van der Waals surface area contributed by atoms with Crippen molar-refractivity contribution < 1.29 is 32.2 Å². The standard InChI is InChI=1S/C49H49O3PS2.Os/c1-8-19-42-29-44-46(51-33(3)4)49-45(47(48(44)54-42)52-34(5)6)30-43(55-49)27-26-37(28-38-32-50-31-36(38)9-2)35(7)53(39-20-13-10-14-21-39,40-22-15-11-16-23-40)41-24-17-12-18-25-41;/h8-30,33-34,46-47H,31-32H2,1-6H3;/q+1;/b19-8+,27-26+,36-9?,37-35?,38-28?;. The van der Waals surface area contributed by atoms with Gasteiger partial charge >= 0.3 is 335 Å². The maximum atomic E-state index is 6.76. The number of thiophene rings is 2. The Bertz CT molecular complexity index is 2190. The Labute approximate surface area is 351 Å². The van der Waals surface area contributed by atoms with Crippen molar-refractivity contribution in [3.63, 3.8) is 0 Å². The first-order valence-corrected chi connectivity index (χ1v) is 24.0. The third-order valence-electron chi connectivity index (χ3n) is 9.96. The van der Waals surface area contributed by atoms with Crippen LogP contribution in [0, 0.1) is 4.37 Å². The van der Waals surface area contributed by atoms with E-state index >= 15 is 0 Å². The minimum atomic E-state index is -2.45. The van der Waals surface area contributed by atoms with Crippen LogP contribution in [0.3, 0.4) is 0 Å². The molecule has 0 bridgehead atoms. The molecule has 287 valence electrons. The summed E-state index contributed by atoms with van der Waals surface area (Å²) in [5.74, 6) is 0. The number of ether oxygens (including phenoxy) is 3. The molecule has 3 heterocycles. The van der Waals surface area contributed by atoms with E-state index in [0.29, 0.717) is 13.2 Å². The molecule has 3 aromatic carbocycles. The fraction of sp³-hybridized carbons (Fsp3) is 0.245. The Hall–Kier alpha value is -3.51. The van der Waals surface area contributed by atoms with Gasteiger partial charge in [0.25, 0.3) is 0 Å². The van der Waals surface area contributed by atoms with Crippen LogP contribution < -0.4 is 15.9 Å². The third kappa shape index (κ3) is 8.24. The Balaban J connectivity index is 1.47. The van der Waals surface area contributed by atoms with E-state index in [-0.39, 0.29) is 24.4 Å². The van der Waals surface area contributed by atoms with Crippen molar-refractivity contribution in [3.8, 4) is 4.37 Å². The molecule has 0 saturated carbocycles. The number of rotatable bonds is 12. The molecule has 0 N–H and O–H groups in total. The summed E-state index contributed by atoms with van der Waals surface area (Å²) in [6.45, 7) is 13.9. The Kier molecular flexibility index (Phi) is 13.4. The molecule has 7 rings (SSSR count). The van der Waals surface area contributed by atoms with Gasteiger partial charge < -0.3 is 0 Å². The van der Waals surface area contributed by atoms with Crippen LogP contribution in [0.15, 0.2) is 149 Å². The second-order valence-electron chi connectivity index (χ2n) is 14.4. The van der Waals surface area contributed by atoms with E-state index in [1.54, 1.807) is 0 Å². The molecule has 1 aliphatic heterocycles. The minimum absolute atomic E-state index is 0.0649. The van der Waals surface area contributed by atoms with Gasteiger partial charge in [0.1, 0.15) is 0 Å². The molecule has 56 heavy (non-hydrogen) atoms. The van der Waals surface area contributed by atoms with Gasteiger partial charge in [-0.25, -0.2) is 0 Å². The van der Waals surface area contributed by atoms with Gasteiger partial charge in [-0.3, -0.25) is 0 Å². The van der Waals surface area contributed by atoms with Crippen LogP contribution in [0.5, 0.6) is 0 Å². The van der Waals surface area contributed by atoms with Gasteiger partial charge in [0.15, 0.2) is 0 Å². The quantitative estimate of drug-likeness (QED) is 0.0921. The topological polar surface area (TPSA) is 27.7 Å². The predicted molar refractivity (Wildman–Crippen MR) is 237 cm³/mol. The van der Waals surface area contributed by atoms with Crippen LogP contribution in [0.2, 0.25) is 0 Å². The van der Waals surface area contributed by atoms with Crippen LogP contribution in [0.4, 0.5) is 0 Å². The Morgan fingerprint density at radius 3 is 1.61 bits per heavy atom. The summed E-state index contributed by atoms with van der Waals surface area (Å²) in [6, 6.07) is 37.8. The molecular formula is C49H49O3OsPS2+. The van der Waals surface area contributed by atoms with Crippen molar-refractivity contribution in [3.05, 3.63) is 180 Å². The normalized spacial score (nSPS) is 19.0. The molecule has 2 aromatic heterocycles. The summed E-state index contributed by atoms with van der Waals surface area (Å²) in [6.07, 6.45) is 13.3. The Morgan fingerprint density at radius 2 is 1.18 bits per heavy atom. The average molecular weight is 971 g/mol. The van der Waals surface area contributed by atoms with Crippen molar-refractivity contribution in [2.75, 3.05) is 13.2 Å². The molecule has 3 nitrogen and oxygen atoms in total. The van der Waals surface area contributed by atoms with Crippen LogP contribution in [0.1, 0.15) is 84.4 Å². The third-order valence-corrected chi connectivity index (χ3v) is 17.7. The van der Waals surface area contributed by atoms with Gasteiger partial charge in [-0.1, -0.05) is 6.08 Å². The number of fused-ring (bicyclic) bond motifs is 2. The zero-order valence-electron chi connectivity index (χ0n) is 32.8. The molecule has 2 unspecified atom stereocenters. The molecule has 1 fully saturated rings. The molecule has 0 amide bonds.